The van der Waals surface area contributed by atoms with Gasteiger partial charge < -0.3 is 5.11 Å². The lowest BCUT2D eigenvalue weighted by Gasteiger charge is -2.17. The zero-order valence-corrected chi connectivity index (χ0v) is 16.5. The maximum absolute atomic E-state index is 11.7. The second-order valence-corrected chi connectivity index (χ2v) is 8.67. The van der Waals surface area contributed by atoms with E-state index in [9.17, 15) is 9.90 Å². The molecule has 2 heterocycles. The number of hydrogen-bond acceptors (Lipinski definition) is 3. The zero-order chi connectivity index (χ0) is 18.4. The molecule has 26 heavy (non-hydrogen) atoms. The number of carboxylic acids is 1. The molecule has 1 aliphatic rings. The van der Waals surface area contributed by atoms with Gasteiger partial charge in [-0.3, -0.25) is 4.79 Å². The molecule has 3 aromatic rings. The zero-order valence-electron chi connectivity index (χ0n) is 13.4. The summed E-state index contributed by atoms with van der Waals surface area (Å²) in [6.07, 6.45) is 2.16. The van der Waals surface area contributed by atoms with Crippen LogP contribution >= 0.6 is 46.1 Å². The third-order valence-electron chi connectivity index (χ3n) is 4.51. The fourth-order valence-electron chi connectivity index (χ4n) is 3.38. The van der Waals surface area contributed by atoms with E-state index in [-0.39, 0.29) is 0 Å². The van der Waals surface area contributed by atoms with E-state index in [0.29, 0.717) is 32.2 Å². The average molecular weight is 428 g/mol. The van der Waals surface area contributed by atoms with Crippen molar-refractivity contribution in [3.05, 3.63) is 56.0 Å². The second kappa shape index (κ2) is 6.89. The van der Waals surface area contributed by atoms with Crippen molar-refractivity contribution in [1.29, 1.82) is 0 Å². The van der Waals surface area contributed by atoms with E-state index in [2.05, 4.69) is 5.10 Å². The molecule has 1 aromatic carbocycles. The number of carboxylic acid groups (broad SMARTS) is 1. The van der Waals surface area contributed by atoms with Gasteiger partial charge in [0.2, 0.25) is 0 Å². The molecule has 0 spiro atoms. The minimum Gasteiger partial charge on any atom is -0.481 e. The van der Waals surface area contributed by atoms with Crippen LogP contribution in [0.1, 0.15) is 30.0 Å². The first-order valence-electron chi connectivity index (χ1n) is 8.01. The molecule has 0 bridgehead atoms. The molecule has 4 rings (SSSR count). The van der Waals surface area contributed by atoms with Gasteiger partial charge in [0.15, 0.2) is 0 Å². The Labute approximate surface area is 168 Å². The van der Waals surface area contributed by atoms with Gasteiger partial charge in [0.1, 0.15) is 5.92 Å². The van der Waals surface area contributed by atoms with Gasteiger partial charge in [0.05, 0.1) is 31.3 Å². The number of nitrogens with zero attached hydrogens (tertiary/aromatic N) is 2. The Balaban J connectivity index is 2.00. The molecule has 2 aromatic heterocycles. The van der Waals surface area contributed by atoms with Crippen LogP contribution in [0.4, 0.5) is 0 Å². The SMILES string of the molecule is O=C(O)[C@H]1CCCc2c1nn(-c1ccc(Cl)cc1Cl)c2-c1ccc(Cl)s1. The van der Waals surface area contributed by atoms with E-state index in [1.807, 2.05) is 12.1 Å². The molecule has 134 valence electrons. The Bertz CT molecular complexity index is 1010. The number of fused-ring (bicyclic) bond motifs is 1. The van der Waals surface area contributed by atoms with Crippen molar-refractivity contribution < 1.29 is 9.90 Å². The van der Waals surface area contributed by atoms with Crippen LogP contribution in [-0.4, -0.2) is 20.9 Å². The highest BCUT2D eigenvalue weighted by Gasteiger charge is 2.33. The van der Waals surface area contributed by atoms with E-state index in [1.165, 1.54) is 11.3 Å². The summed E-state index contributed by atoms with van der Waals surface area (Å²) in [7, 11) is 0. The number of thiophene rings is 1. The maximum Gasteiger partial charge on any atom is 0.312 e. The van der Waals surface area contributed by atoms with Gasteiger partial charge >= 0.3 is 5.97 Å². The number of carbonyl (C=O) groups is 1. The number of hydrogen-bond donors (Lipinski definition) is 1. The molecule has 0 aliphatic heterocycles. The van der Waals surface area contributed by atoms with E-state index < -0.39 is 11.9 Å². The van der Waals surface area contributed by atoms with E-state index in [4.69, 9.17) is 34.8 Å². The molecule has 0 saturated heterocycles. The summed E-state index contributed by atoms with van der Waals surface area (Å²) in [4.78, 5) is 12.6. The third-order valence-corrected chi connectivity index (χ3v) is 6.28. The third kappa shape index (κ3) is 3.03. The Morgan fingerprint density at radius 2 is 2.04 bits per heavy atom. The van der Waals surface area contributed by atoms with E-state index in [0.717, 1.165) is 29.0 Å². The molecule has 1 aliphatic carbocycles. The standard InChI is InChI=1S/C18H13Cl3N2O2S/c19-9-4-5-13(12(20)8-9)23-17(14-6-7-15(21)26-14)10-2-1-3-11(18(24)25)16(10)22-23/h4-8,11H,1-3H2,(H,24,25)/t11-/m0/s1. The Hall–Kier alpha value is -1.53. The van der Waals surface area contributed by atoms with Crippen molar-refractivity contribution in [2.75, 3.05) is 0 Å². The van der Waals surface area contributed by atoms with Crippen LogP contribution in [0.25, 0.3) is 16.3 Å². The van der Waals surface area contributed by atoms with Crippen LogP contribution in [0.2, 0.25) is 14.4 Å². The Kier molecular flexibility index (Phi) is 4.73. The highest BCUT2D eigenvalue weighted by atomic mass is 35.5. The quantitative estimate of drug-likeness (QED) is 0.552. The molecule has 0 amide bonds. The number of aliphatic carboxylic acids is 1. The first kappa shape index (κ1) is 17.9. The summed E-state index contributed by atoms with van der Waals surface area (Å²) in [5, 5.41) is 15.3. The summed E-state index contributed by atoms with van der Waals surface area (Å²) in [5.41, 5.74) is 3.07. The predicted molar refractivity (Wildman–Crippen MR) is 105 cm³/mol. The minimum atomic E-state index is -0.853. The highest BCUT2D eigenvalue weighted by Crippen LogP contribution is 2.42. The van der Waals surface area contributed by atoms with Gasteiger partial charge in [-0.15, -0.1) is 11.3 Å². The van der Waals surface area contributed by atoms with Crippen LogP contribution in [0.3, 0.4) is 0 Å². The Morgan fingerprint density at radius 3 is 2.69 bits per heavy atom. The molecule has 1 atom stereocenters. The summed E-state index contributed by atoms with van der Waals surface area (Å²) in [6, 6.07) is 8.93. The lowest BCUT2D eigenvalue weighted by molar-refractivity contribution is -0.139. The van der Waals surface area contributed by atoms with Gasteiger partial charge in [0, 0.05) is 10.6 Å². The summed E-state index contributed by atoms with van der Waals surface area (Å²) in [5.74, 6) is -1.46. The van der Waals surface area contributed by atoms with Crippen LogP contribution in [0, 0.1) is 0 Å². The minimum absolute atomic E-state index is 0.452. The molecule has 0 fully saturated rings. The maximum atomic E-state index is 11.7. The number of rotatable bonds is 3. The predicted octanol–water partition coefficient (Wildman–Crippen LogP) is 6.07. The topological polar surface area (TPSA) is 55.1 Å². The van der Waals surface area contributed by atoms with Gasteiger partial charge in [-0.1, -0.05) is 34.8 Å². The lowest BCUT2D eigenvalue weighted by atomic mass is 9.86. The first-order valence-corrected chi connectivity index (χ1v) is 9.96. The van der Waals surface area contributed by atoms with Crippen LogP contribution in [-0.2, 0) is 11.2 Å². The van der Waals surface area contributed by atoms with Crippen LogP contribution in [0.5, 0.6) is 0 Å². The monoisotopic (exact) mass is 426 g/mol. The molecule has 1 N–H and O–H groups in total. The van der Waals surface area contributed by atoms with Crippen LogP contribution < -0.4 is 0 Å². The molecule has 0 saturated carbocycles. The fourth-order valence-corrected chi connectivity index (χ4v) is 4.97. The molecule has 0 unspecified atom stereocenters. The molecular formula is C18H13Cl3N2O2S. The summed E-state index contributed by atoms with van der Waals surface area (Å²) < 4.78 is 2.39. The summed E-state index contributed by atoms with van der Waals surface area (Å²) >= 11 is 20.0. The van der Waals surface area contributed by atoms with Crippen molar-refractivity contribution >= 4 is 52.1 Å². The summed E-state index contributed by atoms with van der Waals surface area (Å²) in [6.45, 7) is 0. The van der Waals surface area contributed by atoms with Crippen molar-refractivity contribution in [2.24, 2.45) is 0 Å². The molecule has 0 radical (unpaired) electrons. The highest BCUT2D eigenvalue weighted by molar-refractivity contribution is 7.19. The average Bonchev–Trinajstić information content (AvgIpc) is 3.17. The second-order valence-electron chi connectivity index (χ2n) is 6.11. The van der Waals surface area contributed by atoms with Crippen LogP contribution in [0.15, 0.2) is 30.3 Å². The normalized spacial score (nSPS) is 16.5. The van der Waals surface area contributed by atoms with Crippen molar-refractivity contribution in [1.82, 2.24) is 9.78 Å². The van der Waals surface area contributed by atoms with Gasteiger partial charge in [-0.25, -0.2) is 4.68 Å². The molecule has 8 heteroatoms. The van der Waals surface area contributed by atoms with Gasteiger partial charge in [-0.05, 0) is 49.6 Å². The van der Waals surface area contributed by atoms with Crippen molar-refractivity contribution in [2.45, 2.75) is 25.2 Å². The molecule has 4 nitrogen and oxygen atoms in total. The lowest BCUT2D eigenvalue weighted by Crippen LogP contribution is -2.17. The Morgan fingerprint density at radius 1 is 1.23 bits per heavy atom. The number of aromatic nitrogens is 2. The molecular weight excluding hydrogens is 415 g/mol. The van der Waals surface area contributed by atoms with E-state index in [1.54, 1.807) is 22.9 Å². The smallest absolute Gasteiger partial charge is 0.312 e. The number of benzene rings is 1. The van der Waals surface area contributed by atoms with E-state index >= 15 is 0 Å². The first-order chi connectivity index (χ1) is 12.5. The van der Waals surface area contributed by atoms with Crippen molar-refractivity contribution in [3.63, 3.8) is 0 Å². The number of halogens is 3. The van der Waals surface area contributed by atoms with Gasteiger partial charge in [0.25, 0.3) is 0 Å². The van der Waals surface area contributed by atoms with Crippen molar-refractivity contribution in [3.8, 4) is 16.3 Å². The fraction of sp³-hybridized carbons (Fsp3) is 0.222. The largest absolute Gasteiger partial charge is 0.481 e. The van der Waals surface area contributed by atoms with Gasteiger partial charge in [-0.2, -0.15) is 5.10 Å².